The van der Waals surface area contributed by atoms with Gasteiger partial charge in [-0.05, 0) is 44.4 Å². The normalized spacial score (nSPS) is 16.6. The second-order valence-corrected chi connectivity index (χ2v) is 7.65. The Morgan fingerprint density at radius 1 is 1.10 bits per heavy atom. The first-order chi connectivity index (χ1) is 14.1. The van der Waals surface area contributed by atoms with Crippen LogP contribution in [0.15, 0.2) is 53.2 Å². The number of rotatable bonds is 5. The molecule has 0 aliphatic carbocycles. The predicted molar refractivity (Wildman–Crippen MR) is 112 cm³/mol. The molecule has 3 heterocycles. The zero-order valence-electron chi connectivity index (χ0n) is 16.9. The molecular formula is C23H26N4O2. The van der Waals surface area contributed by atoms with Gasteiger partial charge in [-0.3, -0.25) is 4.79 Å². The lowest BCUT2D eigenvalue weighted by atomic mass is 9.97. The average molecular weight is 390 g/mol. The topological polar surface area (TPSA) is 71.3 Å². The van der Waals surface area contributed by atoms with Crippen LogP contribution in [0.1, 0.15) is 29.9 Å². The molecule has 1 aliphatic rings. The van der Waals surface area contributed by atoms with E-state index in [1.165, 1.54) is 5.56 Å². The van der Waals surface area contributed by atoms with E-state index in [-0.39, 0.29) is 11.8 Å². The molecule has 1 saturated heterocycles. The number of amides is 1. The van der Waals surface area contributed by atoms with Crippen LogP contribution >= 0.6 is 0 Å². The van der Waals surface area contributed by atoms with Crippen LogP contribution in [0.4, 0.5) is 5.95 Å². The number of hydrogen-bond donors (Lipinski definition) is 1. The number of furan rings is 1. The van der Waals surface area contributed by atoms with Gasteiger partial charge >= 0.3 is 0 Å². The van der Waals surface area contributed by atoms with Gasteiger partial charge in [0, 0.05) is 31.0 Å². The largest absolute Gasteiger partial charge is 0.465 e. The lowest BCUT2D eigenvalue weighted by Gasteiger charge is -2.32. The SMILES string of the molecule is Cc1ccc(-c2cnc(N3CCC[C@H](C(=O)NCc4ccc(C)o4)C3)nc2)cc1. The molecule has 29 heavy (non-hydrogen) atoms. The number of carbonyl (C=O) groups excluding carboxylic acids is 1. The van der Waals surface area contributed by atoms with Crippen LogP contribution in [0.2, 0.25) is 0 Å². The first-order valence-electron chi connectivity index (χ1n) is 10.1. The monoisotopic (exact) mass is 390 g/mol. The van der Waals surface area contributed by atoms with Gasteiger partial charge in [-0.2, -0.15) is 0 Å². The molecule has 0 unspecified atom stereocenters. The number of benzene rings is 1. The van der Waals surface area contributed by atoms with Gasteiger partial charge in [-0.1, -0.05) is 29.8 Å². The Bertz CT molecular complexity index is 963. The molecule has 0 saturated carbocycles. The van der Waals surface area contributed by atoms with Crippen molar-refractivity contribution in [2.75, 3.05) is 18.0 Å². The number of nitrogens with one attached hydrogen (secondary N) is 1. The maximum atomic E-state index is 12.6. The van der Waals surface area contributed by atoms with Crippen LogP contribution in [-0.4, -0.2) is 29.0 Å². The summed E-state index contributed by atoms with van der Waals surface area (Å²) in [6.07, 6.45) is 5.54. The fourth-order valence-electron chi connectivity index (χ4n) is 3.65. The average Bonchev–Trinajstić information content (AvgIpc) is 3.18. The second kappa shape index (κ2) is 8.47. The van der Waals surface area contributed by atoms with Gasteiger partial charge in [0.15, 0.2) is 0 Å². The van der Waals surface area contributed by atoms with E-state index in [0.29, 0.717) is 19.0 Å². The van der Waals surface area contributed by atoms with E-state index in [1.54, 1.807) is 0 Å². The van der Waals surface area contributed by atoms with Gasteiger partial charge in [0.05, 0.1) is 12.5 Å². The van der Waals surface area contributed by atoms with Gasteiger partial charge in [-0.15, -0.1) is 0 Å². The van der Waals surface area contributed by atoms with Crippen molar-refractivity contribution in [3.05, 3.63) is 65.9 Å². The summed E-state index contributed by atoms with van der Waals surface area (Å²) >= 11 is 0. The van der Waals surface area contributed by atoms with Gasteiger partial charge in [0.2, 0.25) is 11.9 Å². The molecule has 0 radical (unpaired) electrons. The molecule has 6 nitrogen and oxygen atoms in total. The summed E-state index contributed by atoms with van der Waals surface area (Å²) in [6.45, 7) is 5.89. The van der Waals surface area contributed by atoms with Crippen molar-refractivity contribution < 1.29 is 9.21 Å². The smallest absolute Gasteiger partial charge is 0.225 e. The van der Waals surface area contributed by atoms with E-state index < -0.39 is 0 Å². The molecule has 6 heteroatoms. The van der Waals surface area contributed by atoms with Crippen molar-refractivity contribution in [2.24, 2.45) is 5.92 Å². The molecule has 2 aromatic heterocycles. The van der Waals surface area contributed by atoms with Gasteiger partial charge in [-0.25, -0.2) is 9.97 Å². The zero-order chi connectivity index (χ0) is 20.2. The summed E-state index contributed by atoms with van der Waals surface area (Å²) in [7, 11) is 0. The molecular weight excluding hydrogens is 364 g/mol. The maximum absolute atomic E-state index is 12.6. The number of aromatic nitrogens is 2. The summed E-state index contributed by atoms with van der Waals surface area (Å²) in [5.74, 6) is 2.29. The third-order valence-corrected chi connectivity index (χ3v) is 5.33. The van der Waals surface area contributed by atoms with Crippen molar-refractivity contribution in [1.29, 1.82) is 0 Å². The highest BCUT2D eigenvalue weighted by molar-refractivity contribution is 5.79. The summed E-state index contributed by atoms with van der Waals surface area (Å²) in [6, 6.07) is 12.1. The van der Waals surface area contributed by atoms with E-state index >= 15 is 0 Å². The molecule has 3 aromatic rings. The molecule has 4 rings (SSSR count). The molecule has 1 atom stereocenters. The molecule has 1 amide bonds. The number of hydrogen-bond acceptors (Lipinski definition) is 5. The number of carbonyl (C=O) groups is 1. The molecule has 150 valence electrons. The number of nitrogens with zero attached hydrogens (tertiary/aromatic N) is 3. The van der Waals surface area contributed by atoms with Gasteiger partial charge in [0.25, 0.3) is 0 Å². The Morgan fingerprint density at radius 3 is 2.55 bits per heavy atom. The fourth-order valence-corrected chi connectivity index (χ4v) is 3.65. The van der Waals surface area contributed by atoms with Crippen molar-refractivity contribution in [2.45, 2.75) is 33.2 Å². The Morgan fingerprint density at radius 2 is 1.86 bits per heavy atom. The molecule has 1 N–H and O–H groups in total. The van der Waals surface area contributed by atoms with Crippen molar-refractivity contribution in [3.63, 3.8) is 0 Å². The minimum absolute atomic E-state index is 0.0556. The lowest BCUT2D eigenvalue weighted by molar-refractivity contribution is -0.125. The predicted octanol–water partition coefficient (Wildman–Crippen LogP) is 3.89. The highest BCUT2D eigenvalue weighted by Crippen LogP contribution is 2.23. The van der Waals surface area contributed by atoms with Crippen LogP contribution in [0.5, 0.6) is 0 Å². The Hall–Kier alpha value is -3.15. The third kappa shape index (κ3) is 4.65. The highest BCUT2D eigenvalue weighted by Gasteiger charge is 2.27. The van der Waals surface area contributed by atoms with Gasteiger partial charge in [0.1, 0.15) is 11.5 Å². The van der Waals surface area contributed by atoms with Crippen LogP contribution < -0.4 is 10.2 Å². The molecule has 0 spiro atoms. The van der Waals surface area contributed by atoms with Crippen molar-refractivity contribution in [3.8, 4) is 11.1 Å². The van der Waals surface area contributed by atoms with E-state index in [9.17, 15) is 4.79 Å². The second-order valence-electron chi connectivity index (χ2n) is 7.65. The lowest BCUT2D eigenvalue weighted by Crippen LogP contribution is -2.43. The molecule has 1 aliphatic heterocycles. The van der Waals surface area contributed by atoms with Crippen LogP contribution in [-0.2, 0) is 11.3 Å². The van der Waals surface area contributed by atoms with E-state index in [4.69, 9.17) is 4.42 Å². The summed E-state index contributed by atoms with van der Waals surface area (Å²) in [4.78, 5) is 23.8. The Labute approximate surface area is 171 Å². The standard InChI is InChI=1S/C23H26N4O2/c1-16-5-8-18(9-6-16)20-12-25-23(26-13-20)27-11-3-4-19(15-27)22(28)24-14-21-10-7-17(2)29-21/h5-10,12-13,19H,3-4,11,14-15H2,1-2H3,(H,24,28)/t19-/m0/s1. The highest BCUT2D eigenvalue weighted by atomic mass is 16.3. The first-order valence-corrected chi connectivity index (χ1v) is 10.1. The molecule has 0 bridgehead atoms. The van der Waals surface area contributed by atoms with Crippen LogP contribution in [0.3, 0.4) is 0 Å². The third-order valence-electron chi connectivity index (χ3n) is 5.33. The van der Waals surface area contributed by atoms with E-state index in [0.717, 1.165) is 42.0 Å². The summed E-state index contributed by atoms with van der Waals surface area (Å²) in [5, 5.41) is 2.99. The minimum atomic E-state index is -0.0693. The summed E-state index contributed by atoms with van der Waals surface area (Å²) < 4.78 is 5.52. The van der Waals surface area contributed by atoms with Gasteiger partial charge < -0.3 is 14.6 Å². The number of aryl methyl sites for hydroxylation is 2. The van der Waals surface area contributed by atoms with Crippen molar-refractivity contribution >= 4 is 11.9 Å². The zero-order valence-corrected chi connectivity index (χ0v) is 16.9. The maximum Gasteiger partial charge on any atom is 0.225 e. The fraction of sp³-hybridized carbons (Fsp3) is 0.348. The van der Waals surface area contributed by atoms with E-state index in [1.807, 2.05) is 31.5 Å². The minimum Gasteiger partial charge on any atom is -0.465 e. The molecule has 1 fully saturated rings. The Balaban J connectivity index is 1.37. The first kappa shape index (κ1) is 19.2. The van der Waals surface area contributed by atoms with E-state index in [2.05, 4.69) is 51.4 Å². The summed E-state index contributed by atoms with van der Waals surface area (Å²) in [5.41, 5.74) is 3.33. The molecule has 1 aromatic carbocycles. The van der Waals surface area contributed by atoms with Crippen LogP contribution in [0, 0.1) is 19.8 Å². The van der Waals surface area contributed by atoms with Crippen molar-refractivity contribution in [1.82, 2.24) is 15.3 Å². The van der Waals surface area contributed by atoms with Crippen LogP contribution in [0.25, 0.3) is 11.1 Å². The number of anilines is 1. The Kier molecular flexibility index (Phi) is 5.60. The quantitative estimate of drug-likeness (QED) is 0.716. The number of piperidine rings is 1.